The van der Waals surface area contributed by atoms with Crippen LogP contribution in [-0.2, 0) is 9.68 Å². The van der Waals surface area contributed by atoms with Gasteiger partial charge in [0.2, 0.25) is 0 Å². The van der Waals surface area contributed by atoms with Crippen LogP contribution in [0.1, 0.15) is 0 Å². The van der Waals surface area contributed by atoms with Crippen molar-refractivity contribution in [1.82, 2.24) is 5.64 Å². The normalized spacial score (nSPS) is 8.73. The first kappa shape index (κ1) is 13.4. The summed E-state index contributed by atoms with van der Waals surface area (Å²) in [6.45, 7) is 0.224. The van der Waals surface area contributed by atoms with Gasteiger partial charge in [0.1, 0.15) is 0 Å². The van der Waals surface area contributed by atoms with E-state index in [-0.39, 0.29) is 26.4 Å². The molecule has 70 valence electrons. The van der Waals surface area contributed by atoms with Crippen molar-refractivity contribution in [2.24, 2.45) is 0 Å². The van der Waals surface area contributed by atoms with Gasteiger partial charge in [0.15, 0.2) is 0 Å². The van der Waals surface area contributed by atoms with Gasteiger partial charge in [0.05, 0.1) is 26.4 Å². The molecule has 11 heavy (non-hydrogen) atoms. The number of hydrogen-bond acceptors (Lipinski definition) is 6. The molecule has 0 rings (SSSR count). The third kappa shape index (κ3) is 17.7. The number of aliphatic hydroxyl groups excluding tert-OH is 3. The fraction of sp³-hybridized carbons (Fsp3) is 1.00. The summed E-state index contributed by atoms with van der Waals surface area (Å²) in [7, 11) is 1.00. The Kier molecular flexibility index (Phi) is 19.9. The molecule has 0 aromatic carbocycles. The molecule has 0 radical (unpaired) electrons. The minimum absolute atomic E-state index is 0.0600. The Morgan fingerprint density at radius 2 is 1.36 bits per heavy atom. The quantitative estimate of drug-likeness (QED) is 0.272. The zero-order chi connectivity index (χ0) is 8.95. The first-order chi connectivity index (χ1) is 5.41. The molecule has 0 aromatic heterocycles. The van der Waals surface area contributed by atoms with E-state index in [0.717, 1.165) is 7.11 Å². The highest BCUT2D eigenvalue weighted by Gasteiger charge is 1.83. The van der Waals surface area contributed by atoms with E-state index >= 15 is 0 Å². The maximum Gasteiger partial charge on any atom is 0.0940 e. The lowest BCUT2D eigenvalue weighted by Gasteiger charge is -2.01. The molecule has 0 spiro atoms. The van der Waals surface area contributed by atoms with Gasteiger partial charge in [0, 0.05) is 7.11 Å². The highest BCUT2D eigenvalue weighted by atomic mass is 16.9. The Bertz CT molecular complexity index is 48.1. The summed E-state index contributed by atoms with van der Waals surface area (Å²) in [6, 6.07) is 0. The van der Waals surface area contributed by atoms with Crippen LogP contribution in [0.4, 0.5) is 0 Å². The maximum atomic E-state index is 8.15. The molecule has 0 aliphatic carbocycles. The average molecular weight is 169 g/mol. The van der Waals surface area contributed by atoms with Crippen molar-refractivity contribution in [3.8, 4) is 0 Å². The van der Waals surface area contributed by atoms with E-state index in [1.165, 1.54) is 0 Å². The monoisotopic (exact) mass is 169 g/mol. The van der Waals surface area contributed by atoms with Crippen LogP contribution in [0.2, 0.25) is 0 Å². The van der Waals surface area contributed by atoms with Crippen molar-refractivity contribution in [3.05, 3.63) is 0 Å². The summed E-state index contributed by atoms with van der Waals surface area (Å²) in [6.07, 6.45) is 0. The third-order valence-corrected chi connectivity index (χ3v) is 0.505. The zero-order valence-electron chi connectivity index (χ0n) is 6.49. The van der Waals surface area contributed by atoms with Gasteiger partial charge in [0.25, 0.3) is 0 Å². The summed E-state index contributed by atoms with van der Waals surface area (Å²) in [4.78, 5) is 8.90. The summed E-state index contributed by atoms with van der Waals surface area (Å²) >= 11 is 0. The Hall–Kier alpha value is -0.240. The first-order valence-corrected chi connectivity index (χ1v) is 3.07. The predicted octanol–water partition coefficient (Wildman–Crippen LogP) is -1.97. The van der Waals surface area contributed by atoms with Gasteiger partial charge in [-0.15, -0.1) is 0 Å². The van der Waals surface area contributed by atoms with E-state index < -0.39 is 0 Å². The lowest BCUT2D eigenvalue weighted by Crippen LogP contribution is -2.19. The molecule has 0 saturated carbocycles. The van der Waals surface area contributed by atoms with Crippen LogP contribution in [0.3, 0.4) is 0 Å². The van der Waals surface area contributed by atoms with Crippen molar-refractivity contribution in [3.63, 3.8) is 0 Å². The summed E-state index contributed by atoms with van der Waals surface area (Å²) in [5.74, 6) is 0. The van der Waals surface area contributed by atoms with E-state index in [2.05, 4.69) is 15.3 Å². The van der Waals surface area contributed by atoms with Crippen molar-refractivity contribution in [2.75, 3.05) is 33.5 Å². The van der Waals surface area contributed by atoms with E-state index in [4.69, 9.17) is 15.3 Å². The van der Waals surface area contributed by atoms with Crippen LogP contribution in [0, 0.1) is 0 Å². The molecule has 0 unspecified atom stereocenters. The smallest absolute Gasteiger partial charge is 0.0940 e. The van der Waals surface area contributed by atoms with Crippen LogP contribution in [0.5, 0.6) is 0 Å². The van der Waals surface area contributed by atoms with Gasteiger partial charge in [-0.25, -0.2) is 0 Å². The minimum atomic E-state index is -0.0600. The van der Waals surface area contributed by atoms with Crippen LogP contribution in [0.15, 0.2) is 0 Å². The number of aliphatic hydroxyl groups is 3. The van der Waals surface area contributed by atoms with E-state index in [9.17, 15) is 0 Å². The fourth-order valence-electron chi connectivity index (χ4n) is 0.216. The second kappa shape index (κ2) is 16.4. The van der Waals surface area contributed by atoms with Crippen LogP contribution >= 0.6 is 0 Å². The lowest BCUT2D eigenvalue weighted by atomic mass is 10.8. The lowest BCUT2D eigenvalue weighted by molar-refractivity contribution is -0.178. The van der Waals surface area contributed by atoms with Gasteiger partial charge in [-0.3, -0.25) is 9.68 Å². The van der Waals surface area contributed by atoms with E-state index in [1.54, 1.807) is 0 Å². The molecule has 0 saturated heterocycles. The van der Waals surface area contributed by atoms with Gasteiger partial charge < -0.3 is 15.3 Å². The highest BCUT2D eigenvalue weighted by Crippen LogP contribution is 1.67. The Morgan fingerprint density at radius 3 is 1.64 bits per heavy atom. The summed E-state index contributed by atoms with van der Waals surface area (Å²) < 4.78 is 0. The standard InChI is InChI=1S/C4H11NO4.CH4O/c6-1-3-8-5-9-4-2-7;1-2/h5-7H,1-4H2;2H,1H3. The Labute approximate surface area is 65.3 Å². The van der Waals surface area contributed by atoms with Gasteiger partial charge in [-0.05, 0) is 0 Å². The average Bonchev–Trinajstić information content (AvgIpc) is 2.08. The molecule has 0 fully saturated rings. The highest BCUT2D eigenvalue weighted by molar-refractivity contribution is 4.16. The zero-order valence-corrected chi connectivity index (χ0v) is 6.49. The number of rotatable bonds is 6. The van der Waals surface area contributed by atoms with Gasteiger partial charge in [-0.2, -0.15) is 0 Å². The molecular weight excluding hydrogens is 154 g/mol. The molecule has 0 atom stereocenters. The molecule has 0 heterocycles. The summed E-state index contributed by atoms with van der Waals surface area (Å²) in [5, 5.41) is 23.3. The largest absolute Gasteiger partial charge is 0.400 e. The third-order valence-electron chi connectivity index (χ3n) is 0.505. The number of nitrogens with one attached hydrogen (secondary N) is 1. The Morgan fingerprint density at radius 1 is 1.00 bits per heavy atom. The summed E-state index contributed by atoms with van der Waals surface area (Å²) in [5.41, 5.74) is 2.07. The topological polar surface area (TPSA) is 91.2 Å². The van der Waals surface area contributed by atoms with Crippen molar-refractivity contribution in [1.29, 1.82) is 0 Å². The molecule has 0 bridgehead atoms. The molecule has 0 amide bonds. The van der Waals surface area contributed by atoms with E-state index in [0.29, 0.717) is 0 Å². The maximum absolute atomic E-state index is 8.15. The van der Waals surface area contributed by atoms with Crippen molar-refractivity contribution < 1.29 is 25.0 Å². The van der Waals surface area contributed by atoms with Gasteiger partial charge >= 0.3 is 0 Å². The van der Waals surface area contributed by atoms with E-state index in [1.807, 2.05) is 0 Å². The number of hydrogen-bond donors (Lipinski definition) is 4. The SMILES string of the molecule is CO.OCCONOCCO. The minimum Gasteiger partial charge on any atom is -0.400 e. The van der Waals surface area contributed by atoms with Crippen LogP contribution in [0.25, 0.3) is 0 Å². The van der Waals surface area contributed by atoms with Crippen LogP contribution < -0.4 is 5.64 Å². The molecule has 0 aliphatic rings. The molecule has 4 N–H and O–H groups in total. The predicted molar refractivity (Wildman–Crippen MR) is 37.4 cm³/mol. The second-order valence-corrected chi connectivity index (χ2v) is 1.23. The fourth-order valence-corrected chi connectivity index (χ4v) is 0.216. The van der Waals surface area contributed by atoms with Crippen molar-refractivity contribution >= 4 is 0 Å². The van der Waals surface area contributed by atoms with Gasteiger partial charge in [-0.1, -0.05) is 5.64 Å². The molecule has 0 aromatic rings. The van der Waals surface area contributed by atoms with Crippen LogP contribution in [-0.4, -0.2) is 48.9 Å². The van der Waals surface area contributed by atoms with Crippen molar-refractivity contribution in [2.45, 2.75) is 0 Å². The second-order valence-electron chi connectivity index (χ2n) is 1.23. The molecule has 6 heteroatoms. The Balaban J connectivity index is 0. The first-order valence-electron chi connectivity index (χ1n) is 3.07. The molecule has 6 nitrogen and oxygen atoms in total. The molecule has 0 aliphatic heterocycles. The molecular formula is C5H15NO5.